The molecular formula is C12H18ClN3O. The third kappa shape index (κ3) is 4.63. The highest BCUT2D eigenvalue weighted by Crippen LogP contribution is 2.22. The van der Waals surface area contributed by atoms with E-state index in [1.807, 2.05) is 38.1 Å². The number of likely N-dealkylation sites (N-methyl/N-ethyl adjacent to an activating group) is 1. The van der Waals surface area contributed by atoms with Crippen molar-refractivity contribution in [1.29, 1.82) is 0 Å². The second-order valence-corrected chi connectivity index (χ2v) is 4.50. The van der Waals surface area contributed by atoms with Crippen LogP contribution in [-0.4, -0.2) is 38.1 Å². The first-order valence-electron chi connectivity index (χ1n) is 5.45. The average Bonchev–Trinajstić information content (AvgIpc) is 2.24. The fourth-order valence-electron chi connectivity index (χ4n) is 1.30. The number of benzene rings is 1. The largest absolute Gasteiger partial charge is 0.337 e. The molecule has 0 spiro atoms. The molecule has 0 saturated heterocycles. The van der Waals surface area contributed by atoms with Gasteiger partial charge in [0.05, 0.1) is 0 Å². The second-order valence-electron chi connectivity index (χ2n) is 4.10. The highest BCUT2D eigenvalue weighted by molar-refractivity contribution is 6.31. The maximum absolute atomic E-state index is 11.6. The third-order valence-corrected chi connectivity index (χ3v) is 2.77. The molecule has 0 heterocycles. The molecular weight excluding hydrogens is 238 g/mol. The van der Waals surface area contributed by atoms with Crippen molar-refractivity contribution < 1.29 is 4.79 Å². The van der Waals surface area contributed by atoms with Gasteiger partial charge in [0.1, 0.15) is 0 Å². The summed E-state index contributed by atoms with van der Waals surface area (Å²) >= 11 is 5.96. The molecule has 2 amide bonds. The number of halogens is 1. The van der Waals surface area contributed by atoms with Crippen LogP contribution in [0.2, 0.25) is 5.02 Å². The lowest BCUT2D eigenvalue weighted by Gasteiger charge is -2.12. The summed E-state index contributed by atoms with van der Waals surface area (Å²) in [6, 6.07) is 5.22. The summed E-state index contributed by atoms with van der Waals surface area (Å²) in [4.78, 5) is 13.6. The summed E-state index contributed by atoms with van der Waals surface area (Å²) in [5, 5.41) is 6.20. The maximum Gasteiger partial charge on any atom is 0.319 e. The van der Waals surface area contributed by atoms with Gasteiger partial charge in [0.2, 0.25) is 0 Å². The molecule has 0 saturated carbocycles. The maximum atomic E-state index is 11.6. The monoisotopic (exact) mass is 255 g/mol. The number of carbonyl (C=O) groups is 1. The minimum Gasteiger partial charge on any atom is -0.337 e. The Kier molecular flexibility index (Phi) is 5.25. The van der Waals surface area contributed by atoms with Gasteiger partial charge in [-0.25, -0.2) is 4.79 Å². The molecule has 2 N–H and O–H groups in total. The zero-order chi connectivity index (χ0) is 12.8. The predicted octanol–water partition coefficient (Wildman–Crippen LogP) is 2.33. The lowest BCUT2D eigenvalue weighted by Crippen LogP contribution is -2.34. The summed E-state index contributed by atoms with van der Waals surface area (Å²) < 4.78 is 0. The smallest absolute Gasteiger partial charge is 0.319 e. The van der Waals surface area contributed by atoms with Gasteiger partial charge in [0, 0.05) is 23.8 Å². The van der Waals surface area contributed by atoms with Gasteiger partial charge >= 0.3 is 6.03 Å². The molecule has 0 aromatic heterocycles. The second kappa shape index (κ2) is 6.47. The normalized spacial score (nSPS) is 10.4. The zero-order valence-corrected chi connectivity index (χ0v) is 11.1. The van der Waals surface area contributed by atoms with E-state index in [4.69, 9.17) is 11.6 Å². The molecule has 1 aromatic rings. The van der Waals surface area contributed by atoms with Crippen molar-refractivity contribution in [3.8, 4) is 0 Å². The molecule has 1 rings (SSSR count). The molecule has 4 nitrogen and oxygen atoms in total. The van der Waals surface area contributed by atoms with Crippen LogP contribution in [0.4, 0.5) is 10.5 Å². The number of nitrogens with one attached hydrogen (secondary N) is 2. The van der Waals surface area contributed by atoms with Gasteiger partial charge in [-0.1, -0.05) is 17.7 Å². The minimum atomic E-state index is -0.211. The van der Waals surface area contributed by atoms with E-state index in [-0.39, 0.29) is 6.03 Å². The molecule has 0 aliphatic rings. The highest BCUT2D eigenvalue weighted by Gasteiger charge is 2.05. The fraction of sp³-hybridized carbons (Fsp3) is 0.417. The van der Waals surface area contributed by atoms with E-state index in [0.717, 1.165) is 17.8 Å². The Morgan fingerprint density at radius 2 is 2.12 bits per heavy atom. The molecule has 17 heavy (non-hydrogen) atoms. The third-order valence-electron chi connectivity index (χ3n) is 2.36. The van der Waals surface area contributed by atoms with E-state index in [9.17, 15) is 4.79 Å². The van der Waals surface area contributed by atoms with E-state index in [1.54, 1.807) is 6.07 Å². The summed E-state index contributed by atoms with van der Waals surface area (Å²) in [6.07, 6.45) is 0. The van der Waals surface area contributed by atoms with Gasteiger partial charge in [-0.3, -0.25) is 0 Å². The summed E-state index contributed by atoms with van der Waals surface area (Å²) in [5.74, 6) is 0. The Bertz CT molecular complexity index is 393. The Hall–Kier alpha value is -1.26. The number of rotatable bonds is 4. The van der Waals surface area contributed by atoms with Crippen LogP contribution in [0.3, 0.4) is 0 Å². The molecule has 0 aliphatic carbocycles. The van der Waals surface area contributed by atoms with Crippen LogP contribution in [0.5, 0.6) is 0 Å². The number of carbonyl (C=O) groups excluding carboxylic acids is 1. The van der Waals surface area contributed by atoms with Gasteiger partial charge in [-0.15, -0.1) is 0 Å². The molecule has 1 aromatic carbocycles. The Morgan fingerprint density at radius 1 is 1.41 bits per heavy atom. The van der Waals surface area contributed by atoms with E-state index >= 15 is 0 Å². The first-order chi connectivity index (χ1) is 8.00. The highest BCUT2D eigenvalue weighted by atomic mass is 35.5. The molecule has 0 aliphatic heterocycles. The first kappa shape index (κ1) is 13.8. The van der Waals surface area contributed by atoms with Crippen molar-refractivity contribution in [1.82, 2.24) is 10.2 Å². The van der Waals surface area contributed by atoms with Crippen LogP contribution in [0.15, 0.2) is 18.2 Å². The van der Waals surface area contributed by atoms with Crippen molar-refractivity contribution in [2.75, 3.05) is 32.5 Å². The summed E-state index contributed by atoms with van der Waals surface area (Å²) in [6.45, 7) is 3.29. The quantitative estimate of drug-likeness (QED) is 0.867. The van der Waals surface area contributed by atoms with Gasteiger partial charge in [-0.05, 0) is 38.7 Å². The number of hydrogen-bond acceptors (Lipinski definition) is 2. The Morgan fingerprint density at radius 3 is 2.76 bits per heavy atom. The van der Waals surface area contributed by atoms with Crippen molar-refractivity contribution in [2.45, 2.75) is 6.92 Å². The van der Waals surface area contributed by atoms with E-state index < -0.39 is 0 Å². The first-order valence-corrected chi connectivity index (χ1v) is 5.83. The van der Waals surface area contributed by atoms with E-state index in [2.05, 4.69) is 10.6 Å². The van der Waals surface area contributed by atoms with Gasteiger partial charge in [0.25, 0.3) is 0 Å². The van der Waals surface area contributed by atoms with Crippen LogP contribution in [-0.2, 0) is 0 Å². The molecule has 0 bridgehead atoms. The topological polar surface area (TPSA) is 44.4 Å². The zero-order valence-electron chi connectivity index (χ0n) is 10.4. The van der Waals surface area contributed by atoms with Crippen LogP contribution in [0.1, 0.15) is 5.56 Å². The molecule has 94 valence electrons. The number of urea groups is 1. The Balaban J connectivity index is 2.48. The molecule has 0 fully saturated rings. The summed E-state index contributed by atoms with van der Waals surface area (Å²) in [5.41, 5.74) is 1.61. The van der Waals surface area contributed by atoms with Crippen LogP contribution < -0.4 is 10.6 Å². The number of amides is 2. The molecule has 5 heteroatoms. The van der Waals surface area contributed by atoms with Crippen molar-refractivity contribution in [3.05, 3.63) is 28.8 Å². The lowest BCUT2D eigenvalue weighted by molar-refractivity contribution is 0.250. The van der Waals surface area contributed by atoms with Crippen LogP contribution in [0, 0.1) is 6.92 Å². The lowest BCUT2D eigenvalue weighted by atomic mass is 10.2. The van der Waals surface area contributed by atoms with Crippen molar-refractivity contribution >= 4 is 23.3 Å². The predicted molar refractivity (Wildman–Crippen MR) is 71.8 cm³/mol. The number of anilines is 1. The van der Waals surface area contributed by atoms with Crippen molar-refractivity contribution in [2.24, 2.45) is 0 Å². The minimum absolute atomic E-state index is 0.211. The van der Waals surface area contributed by atoms with Crippen LogP contribution in [0.25, 0.3) is 0 Å². The molecule has 0 radical (unpaired) electrons. The number of hydrogen-bond donors (Lipinski definition) is 2. The van der Waals surface area contributed by atoms with Crippen molar-refractivity contribution in [3.63, 3.8) is 0 Å². The fourth-order valence-corrected chi connectivity index (χ4v) is 1.48. The summed E-state index contributed by atoms with van der Waals surface area (Å²) in [7, 11) is 3.92. The SMILES string of the molecule is Cc1c(Cl)cccc1NC(=O)NCCN(C)C. The average molecular weight is 256 g/mol. The van der Waals surface area contributed by atoms with E-state index in [0.29, 0.717) is 11.6 Å². The van der Waals surface area contributed by atoms with Gasteiger partial charge in [-0.2, -0.15) is 0 Å². The van der Waals surface area contributed by atoms with E-state index in [1.165, 1.54) is 0 Å². The molecule has 0 unspecified atom stereocenters. The van der Waals surface area contributed by atoms with Gasteiger partial charge < -0.3 is 15.5 Å². The number of nitrogens with zero attached hydrogens (tertiary/aromatic N) is 1. The Labute approximate surface area is 107 Å². The molecule has 0 atom stereocenters. The van der Waals surface area contributed by atoms with Gasteiger partial charge in [0.15, 0.2) is 0 Å². The standard InChI is InChI=1S/C12H18ClN3O/c1-9-10(13)5-4-6-11(9)15-12(17)14-7-8-16(2)3/h4-6H,7-8H2,1-3H3,(H2,14,15,17). The van der Waals surface area contributed by atoms with Crippen LogP contribution >= 0.6 is 11.6 Å².